The summed E-state index contributed by atoms with van der Waals surface area (Å²) in [7, 11) is 0. The Bertz CT molecular complexity index is 422. The molecule has 1 aliphatic heterocycles. The van der Waals surface area contributed by atoms with Crippen molar-refractivity contribution in [1.82, 2.24) is 10.3 Å². The molecule has 0 aromatic carbocycles. The van der Waals surface area contributed by atoms with E-state index in [1.165, 1.54) is 42.5 Å². The summed E-state index contributed by atoms with van der Waals surface area (Å²) in [5, 5.41) is 3.62. The van der Waals surface area contributed by atoms with Gasteiger partial charge in [0.05, 0.1) is 0 Å². The van der Waals surface area contributed by atoms with Crippen LogP contribution in [0.15, 0.2) is 24.5 Å². The minimum atomic E-state index is 0.685. The van der Waals surface area contributed by atoms with Crippen molar-refractivity contribution in [3.8, 4) is 0 Å². The standard InChI is InChI=1S/C14H18N2/c1-10-5-13(9-15-8-10)12-6-11-3-2-4-16-14(11)7-12/h5-6,8-9,11,14,16H,2-4,7H2,1H3/t11-,14+/m0/s1. The molecule has 0 unspecified atom stereocenters. The Morgan fingerprint density at radius 3 is 3.12 bits per heavy atom. The van der Waals surface area contributed by atoms with Gasteiger partial charge in [0.1, 0.15) is 0 Å². The first kappa shape index (κ1) is 10.0. The number of fused-ring (bicyclic) bond motifs is 1. The second-order valence-corrected chi connectivity index (χ2v) is 5.01. The molecular formula is C14H18N2. The number of nitrogens with zero attached hydrogens (tertiary/aromatic N) is 1. The second kappa shape index (κ2) is 4.02. The molecule has 1 saturated heterocycles. The third kappa shape index (κ3) is 1.78. The molecule has 0 amide bonds. The van der Waals surface area contributed by atoms with Crippen molar-refractivity contribution < 1.29 is 0 Å². The summed E-state index contributed by atoms with van der Waals surface area (Å²) in [6, 6.07) is 2.93. The minimum Gasteiger partial charge on any atom is -0.313 e. The highest BCUT2D eigenvalue weighted by atomic mass is 14.9. The van der Waals surface area contributed by atoms with Gasteiger partial charge in [-0.05, 0) is 61.4 Å². The molecule has 2 heteroatoms. The lowest BCUT2D eigenvalue weighted by atomic mass is 9.94. The smallest absolute Gasteiger partial charge is 0.0343 e. The van der Waals surface area contributed by atoms with Crippen molar-refractivity contribution in [1.29, 1.82) is 0 Å². The fourth-order valence-corrected chi connectivity index (χ4v) is 2.91. The van der Waals surface area contributed by atoms with Gasteiger partial charge >= 0.3 is 0 Å². The highest BCUT2D eigenvalue weighted by Gasteiger charge is 2.29. The lowest BCUT2D eigenvalue weighted by Gasteiger charge is -2.25. The maximum absolute atomic E-state index is 4.28. The molecule has 16 heavy (non-hydrogen) atoms. The van der Waals surface area contributed by atoms with E-state index in [0.29, 0.717) is 6.04 Å². The predicted octanol–water partition coefficient (Wildman–Crippen LogP) is 2.55. The zero-order valence-electron chi connectivity index (χ0n) is 9.74. The SMILES string of the molecule is Cc1cncc(C2=C[C@@H]3CCCN[C@@H]3C2)c1. The Hall–Kier alpha value is -1.15. The summed E-state index contributed by atoms with van der Waals surface area (Å²) < 4.78 is 0. The molecule has 1 aromatic rings. The van der Waals surface area contributed by atoms with Gasteiger partial charge in [-0.1, -0.05) is 6.08 Å². The first-order valence-electron chi connectivity index (χ1n) is 6.19. The fourth-order valence-electron chi connectivity index (χ4n) is 2.91. The molecule has 3 rings (SSSR count). The Balaban J connectivity index is 1.86. The molecule has 1 N–H and O–H groups in total. The van der Waals surface area contributed by atoms with Gasteiger partial charge in [0, 0.05) is 18.4 Å². The molecule has 1 fully saturated rings. The lowest BCUT2D eigenvalue weighted by Crippen LogP contribution is -2.37. The van der Waals surface area contributed by atoms with Crippen LogP contribution in [0.4, 0.5) is 0 Å². The first-order valence-corrected chi connectivity index (χ1v) is 6.19. The molecule has 1 aliphatic carbocycles. The molecule has 0 spiro atoms. The topological polar surface area (TPSA) is 24.9 Å². The van der Waals surface area contributed by atoms with Crippen LogP contribution in [0.2, 0.25) is 0 Å². The highest BCUT2D eigenvalue weighted by Crippen LogP contribution is 2.35. The largest absolute Gasteiger partial charge is 0.313 e. The molecule has 2 atom stereocenters. The predicted molar refractivity (Wildman–Crippen MR) is 66.1 cm³/mol. The zero-order valence-corrected chi connectivity index (χ0v) is 9.74. The van der Waals surface area contributed by atoms with Crippen LogP contribution in [-0.2, 0) is 0 Å². The highest BCUT2D eigenvalue weighted by molar-refractivity contribution is 5.68. The van der Waals surface area contributed by atoms with Crippen LogP contribution >= 0.6 is 0 Å². The van der Waals surface area contributed by atoms with Crippen molar-refractivity contribution in [2.45, 2.75) is 32.2 Å². The van der Waals surface area contributed by atoms with E-state index in [1.807, 2.05) is 12.4 Å². The fraction of sp³-hybridized carbons (Fsp3) is 0.500. The van der Waals surface area contributed by atoms with E-state index < -0.39 is 0 Å². The summed E-state index contributed by atoms with van der Waals surface area (Å²) in [5.41, 5.74) is 4.05. The van der Waals surface area contributed by atoms with Gasteiger partial charge in [-0.15, -0.1) is 0 Å². The molecular weight excluding hydrogens is 196 g/mol. The third-order valence-corrected chi connectivity index (χ3v) is 3.74. The number of aryl methyl sites for hydroxylation is 1. The van der Waals surface area contributed by atoms with E-state index in [0.717, 1.165) is 5.92 Å². The van der Waals surface area contributed by atoms with Gasteiger partial charge in [0.2, 0.25) is 0 Å². The molecule has 0 bridgehead atoms. The summed E-state index contributed by atoms with van der Waals surface area (Å²) in [4.78, 5) is 4.28. The van der Waals surface area contributed by atoms with Gasteiger partial charge in [-0.2, -0.15) is 0 Å². The van der Waals surface area contributed by atoms with Crippen LogP contribution in [0.5, 0.6) is 0 Å². The van der Waals surface area contributed by atoms with Gasteiger partial charge < -0.3 is 5.32 Å². The quantitative estimate of drug-likeness (QED) is 0.777. The summed E-state index contributed by atoms with van der Waals surface area (Å²) in [6.45, 7) is 3.30. The maximum Gasteiger partial charge on any atom is 0.0343 e. The summed E-state index contributed by atoms with van der Waals surface area (Å²) >= 11 is 0. The van der Waals surface area contributed by atoms with Gasteiger partial charge in [0.15, 0.2) is 0 Å². The molecule has 0 saturated carbocycles. The molecule has 2 nitrogen and oxygen atoms in total. The Morgan fingerprint density at radius 1 is 1.38 bits per heavy atom. The van der Waals surface area contributed by atoms with Crippen molar-refractivity contribution in [2.75, 3.05) is 6.54 Å². The van der Waals surface area contributed by atoms with Crippen LogP contribution in [0.3, 0.4) is 0 Å². The Morgan fingerprint density at radius 2 is 2.31 bits per heavy atom. The Kier molecular flexibility index (Phi) is 2.52. The van der Waals surface area contributed by atoms with Crippen LogP contribution < -0.4 is 5.32 Å². The van der Waals surface area contributed by atoms with Crippen LogP contribution in [0, 0.1) is 12.8 Å². The molecule has 84 valence electrons. The number of nitrogens with one attached hydrogen (secondary N) is 1. The van der Waals surface area contributed by atoms with Crippen molar-refractivity contribution in [3.63, 3.8) is 0 Å². The van der Waals surface area contributed by atoms with Gasteiger partial charge in [-0.3, -0.25) is 4.98 Å². The van der Waals surface area contributed by atoms with E-state index >= 15 is 0 Å². The Labute approximate surface area is 96.8 Å². The summed E-state index contributed by atoms with van der Waals surface area (Å²) in [5.74, 6) is 0.754. The third-order valence-electron chi connectivity index (χ3n) is 3.74. The normalized spacial score (nSPS) is 28.7. The minimum absolute atomic E-state index is 0.685. The number of hydrogen-bond donors (Lipinski definition) is 1. The molecule has 1 aromatic heterocycles. The lowest BCUT2D eigenvalue weighted by molar-refractivity contribution is 0.348. The number of hydrogen-bond acceptors (Lipinski definition) is 2. The van der Waals surface area contributed by atoms with Gasteiger partial charge in [-0.25, -0.2) is 0 Å². The molecule has 0 radical (unpaired) electrons. The average molecular weight is 214 g/mol. The van der Waals surface area contributed by atoms with Crippen molar-refractivity contribution in [2.24, 2.45) is 5.92 Å². The van der Waals surface area contributed by atoms with Gasteiger partial charge in [0.25, 0.3) is 0 Å². The first-order chi connectivity index (χ1) is 7.83. The number of rotatable bonds is 1. The van der Waals surface area contributed by atoms with Crippen LogP contribution in [-0.4, -0.2) is 17.6 Å². The van der Waals surface area contributed by atoms with E-state index in [4.69, 9.17) is 0 Å². The zero-order chi connectivity index (χ0) is 11.0. The molecule has 2 aliphatic rings. The average Bonchev–Trinajstić information content (AvgIpc) is 2.72. The van der Waals surface area contributed by atoms with E-state index in [1.54, 1.807) is 0 Å². The number of aromatic nitrogens is 1. The van der Waals surface area contributed by atoms with E-state index in [2.05, 4.69) is 29.4 Å². The van der Waals surface area contributed by atoms with Crippen LogP contribution in [0.25, 0.3) is 5.57 Å². The van der Waals surface area contributed by atoms with Crippen molar-refractivity contribution >= 4 is 5.57 Å². The van der Waals surface area contributed by atoms with Crippen LogP contribution in [0.1, 0.15) is 30.4 Å². The number of pyridine rings is 1. The monoisotopic (exact) mass is 214 g/mol. The maximum atomic E-state index is 4.28. The van der Waals surface area contributed by atoms with E-state index in [9.17, 15) is 0 Å². The number of piperidine rings is 1. The second-order valence-electron chi connectivity index (χ2n) is 5.01. The summed E-state index contributed by atoms with van der Waals surface area (Å²) in [6.07, 6.45) is 10.2. The van der Waals surface area contributed by atoms with Crippen molar-refractivity contribution in [3.05, 3.63) is 35.7 Å². The molecule has 2 heterocycles. The van der Waals surface area contributed by atoms with E-state index in [-0.39, 0.29) is 0 Å².